The van der Waals surface area contributed by atoms with Gasteiger partial charge in [-0.25, -0.2) is 0 Å². The molecule has 1 aromatic rings. The van der Waals surface area contributed by atoms with Gasteiger partial charge in [0.2, 0.25) is 11.9 Å². The van der Waals surface area contributed by atoms with E-state index >= 15 is 0 Å². The highest BCUT2D eigenvalue weighted by Gasteiger charge is 2.06. The Morgan fingerprint density at radius 2 is 1.80 bits per heavy atom. The molecule has 0 aliphatic heterocycles. The fraction of sp³-hybridized carbons (Fsp3) is 0.750. The third-order valence-corrected chi connectivity index (χ3v) is 2.21. The van der Waals surface area contributed by atoms with E-state index in [1.54, 1.807) is 0 Å². The number of hydrogen-bond acceptors (Lipinski definition) is 8. The molecule has 0 atom stereocenters. The van der Waals surface area contributed by atoms with Crippen molar-refractivity contribution >= 4 is 11.9 Å². The zero-order valence-electron chi connectivity index (χ0n) is 12.1. The van der Waals surface area contributed by atoms with Crippen LogP contribution in [-0.2, 0) is 4.74 Å². The quantitative estimate of drug-likeness (QED) is 0.506. The molecule has 114 valence electrons. The van der Waals surface area contributed by atoms with Gasteiger partial charge in [0, 0.05) is 19.7 Å². The molecule has 8 nitrogen and oxygen atoms in total. The minimum atomic E-state index is 0.0463. The zero-order chi connectivity index (χ0) is 14.6. The summed E-state index contributed by atoms with van der Waals surface area (Å²) < 4.78 is 10.5. The lowest BCUT2D eigenvalue weighted by Gasteiger charge is -2.09. The molecule has 0 aliphatic carbocycles. The number of ether oxygens (including phenoxy) is 2. The molecule has 0 bridgehead atoms. The van der Waals surface area contributed by atoms with Crippen molar-refractivity contribution in [1.29, 1.82) is 0 Å². The van der Waals surface area contributed by atoms with Crippen LogP contribution in [0, 0.1) is 0 Å². The van der Waals surface area contributed by atoms with Gasteiger partial charge in [0.25, 0.3) is 0 Å². The molecule has 3 N–H and O–H groups in total. The number of aliphatic hydroxyl groups is 1. The van der Waals surface area contributed by atoms with E-state index in [9.17, 15) is 0 Å². The lowest BCUT2D eigenvalue weighted by atomic mass is 10.4. The van der Waals surface area contributed by atoms with Crippen LogP contribution in [0.15, 0.2) is 0 Å². The van der Waals surface area contributed by atoms with Crippen molar-refractivity contribution in [1.82, 2.24) is 15.0 Å². The maximum atomic E-state index is 8.57. The Morgan fingerprint density at radius 3 is 2.45 bits per heavy atom. The number of nitrogens with one attached hydrogen (secondary N) is 2. The first-order valence-electron chi connectivity index (χ1n) is 6.85. The standard InChI is InChI=1S/C12H23N5O3/c1-3-13-10-15-11(17-12(16-10)20-4-2)14-6-5-8-19-9-7-18/h18H,3-9H2,1-2H3,(H2,13,14,15,16,17). The summed E-state index contributed by atoms with van der Waals surface area (Å²) in [5.41, 5.74) is 0. The Balaban J connectivity index is 2.46. The van der Waals surface area contributed by atoms with E-state index < -0.39 is 0 Å². The SMILES string of the molecule is CCNc1nc(NCCCOCCO)nc(OCC)n1. The topological polar surface area (TPSA) is 101 Å². The molecular formula is C12H23N5O3. The van der Waals surface area contributed by atoms with Gasteiger partial charge in [-0.2, -0.15) is 15.0 Å². The maximum Gasteiger partial charge on any atom is 0.323 e. The van der Waals surface area contributed by atoms with Gasteiger partial charge in [0.05, 0.1) is 19.8 Å². The van der Waals surface area contributed by atoms with Crippen molar-refractivity contribution < 1.29 is 14.6 Å². The van der Waals surface area contributed by atoms with E-state index in [4.69, 9.17) is 14.6 Å². The molecule has 0 radical (unpaired) electrons. The molecule has 0 aromatic carbocycles. The number of rotatable bonds is 11. The molecule has 8 heteroatoms. The van der Waals surface area contributed by atoms with Crippen LogP contribution in [0.4, 0.5) is 11.9 Å². The predicted octanol–water partition coefficient (Wildman–Crippen LogP) is 0.513. The van der Waals surface area contributed by atoms with Crippen molar-refractivity contribution in [2.24, 2.45) is 0 Å². The van der Waals surface area contributed by atoms with E-state index in [2.05, 4.69) is 25.6 Å². The molecule has 0 saturated heterocycles. The third kappa shape index (κ3) is 6.48. The van der Waals surface area contributed by atoms with Gasteiger partial charge in [0.15, 0.2) is 0 Å². The molecule has 1 heterocycles. The fourth-order valence-electron chi connectivity index (χ4n) is 1.41. The van der Waals surface area contributed by atoms with E-state index in [1.807, 2.05) is 13.8 Å². The van der Waals surface area contributed by atoms with Gasteiger partial charge in [-0.1, -0.05) is 0 Å². The second kappa shape index (κ2) is 10.2. The molecule has 20 heavy (non-hydrogen) atoms. The van der Waals surface area contributed by atoms with Crippen molar-refractivity contribution in [3.05, 3.63) is 0 Å². The van der Waals surface area contributed by atoms with Crippen molar-refractivity contribution in [2.45, 2.75) is 20.3 Å². The lowest BCUT2D eigenvalue weighted by molar-refractivity contribution is 0.0921. The molecule has 0 saturated carbocycles. The van der Waals surface area contributed by atoms with Gasteiger partial charge in [0.1, 0.15) is 0 Å². The second-order valence-electron chi connectivity index (χ2n) is 3.84. The Labute approximate surface area is 118 Å². The van der Waals surface area contributed by atoms with Crippen LogP contribution in [0.25, 0.3) is 0 Å². The number of aliphatic hydroxyl groups excluding tert-OH is 1. The Morgan fingerprint density at radius 1 is 1.05 bits per heavy atom. The highest BCUT2D eigenvalue weighted by molar-refractivity contribution is 5.35. The lowest BCUT2D eigenvalue weighted by Crippen LogP contribution is -2.13. The van der Waals surface area contributed by atoms with Crippen molar-refractivity contribution in [3.63, 3.8) is 0 Å². The van der Waals surface area contributed by atoms with Crippen LogP contribution >= 0.6 is 0 Å². The number of aromatic nitrogens is 3. The highest BCUT2D eigenvalue weighted by Crippen LogP contribution is 2.10. The zero-order valence-corrected chi connectivity index (χ0v) is 12.1. The maximum absolute atomic E-state index is 8.57. The molecule has 1 rings (SSSR count). The van der Waals surface area contributed by atoms with Crippen LogP contribution in [0.3, 0.4) is 0 Å². The van der Waals surface area contributed by atoms with E-state index in [0.717, 1.165) is 13.0 Å². The average Bonchev–Trinajstić information content (AvgIpc) is 2.43. The fourth-order valence-corrected chi connectivity index (χ4v) is 1.41. The number of anilines is 2. The average molecular weight is 285 g/mol. The Kier molecular flexibility index (Phi) is 8.32. The highest BCUT2D eigenvalue weighted by atomic mass is 16.5. The molecule has 0 amide bonds. The van der Waals surface area contributed by atoms with Crippen molar-refractivity contribution in [3.8, 4) is 6.01 Å². The summed E-state index contributed by atoms with van der Waals surface area (Å²) in [7, 11) is 0. The van der Waals surface area contributed by atoms with E-state index in [-0.39, 0.29) is 6.61 Å². The van der Waals surface area contributed by atoms with Crippen LogP contribution in [0.2, 0.25) is 0 Å². The monoisotopic (exact) mass is 285 g/mol. The Hall–Kier alpha value is -1.67. The summed E-state index contributed by atoms with van der Waals surface area (Å²) in [6.45, 7) is 6.74. The molecule has 0 spiro atoms. The minimum absolute atomic E-state index is 0.0463. The van der Waals surface area contributed by atoms with Crippen LogP contribution in [-0.4, -0.2) is 59.6 Å². The smallest absolute Gasteiger partial charge is 0.323 e. The summed E-state index contributed by atoms with van der Waals surface area (Å²) in [5.74, 6) is 0.964. The van der Waals surface area contributed by atoms with Gasteiger partial charge < -0.3 is 25.2 Å². The van der Waals surface area contributed by atoms with Crippen LogP contribution < -0.4 is 15.4 Å². The summed E-state index contributed by atoms with van der Waals surface area (Å²) in [4.78, 5) is 12.5. The molecule has 0 unspecified atom stereocenters. The van der Waals surface area contributed by atoms with E-state index in [0.29, 0.717) is 44.3 Å². The summed E-state index contributed by atoms with van der Waals surface area (Å²) in [6, 6.07) is 0.303. The summed E-state index contributed by atoms with van der Waals surface area (Å²) in [5, 5.41) is 14.7. The largest absolute Gasteiger partial charge is 0.464 e. The third-order valence-electron chi connectivity index (χ3n) is 2.21. The van der Waals surface area contributed by atoms with Crippen LogP contribution in [0.1, 0.15) is 20.3 Å². The van der Waals surface area contributed by atoms with Gasteiger partial charge in [-0.3, -0.25) is 0 Å². The first-order valence-corrected chi connectivity index (χ1v) is 6.85. The molecule has 1 aromatic heterocycles. The number of hydrogen-bond donors (Lipinski definition) is 3. The van der Waals surface area contributed by atoms with Gasteiger partial charge in [-0.05, 0) is 20.3 Å². The Bertz CT molecular complexity index is 354. The van der Waals surface area contributed by atoms with Gasteiger partial charge in [-0.15, -0.1) is 0 Å². The van der Waals surface area contributed by atoms with Crippen LogP contribution in [0.5, 0.6) is 6.01 Å². The predicted molar refractivity (Wildman–Crippen MR) is 76.2 cm³/mol. The summed E-state index contributed by atoms with van der Waals surface area (Å²) >= 11 is 0. The number of nitrogens with zero attached hydrogens (tertiary/aromatic N) is 3. The van der Waals surface area contributed by atoms with Crippen molar-refractivity contribution in [2.75, 3.05) is 50.2 Å². The normalized spacial score (nSPS) is 10.3. The summed E-state index contributed by atoms with van der Waals surface area (Å²) in [6.07, 6.45) is 0.798. The minimum Gasteiger partial charge on any atom is -0.464 e. The molecule has 0 aliphatic rings. The molecule has 0 fully saturated rings. The first kappa shape index (κ1) is 16.4. The van der Waals surface area contributed by atoms with Gasteiger partial charge >= 0.3 is 6.01 Å². The molecular weight excluding hydrogens is 262 g/mol. The second-order valence-corrected chi connectivity index (χ2v) is 3.84. The first-order chi connectivity index (χ1) is 9.80. The van der Waals surface area contributed by atoms with E-state index in [1.165, 1.54) is 0 Å².